The summed E-state index contributed by atoms with van der Waals surface area (Å²) in [4.78, 5) is 1.92. The molecule has 0 saturated carbocycles. The van der Waals surface area contributed by atoms with E-state index in [4.69, 9.17) is 0 Å². The second kappa shape index (κ2) is 4.77. The van der Waals surface area contributed by atoms with Crippen molar-refractivity contribution in [3.63, 3.8) is 0 Å². The third-order valence-corrected chi connectivity index (χ3v) is 2.43. The topological polar surface area (TPSA) is 15.3 Å². The molecule has 1 fully saturated rings. The average Bonchev–Trinajstić information content (AvgIpc) is 2.05. The Morgan fingerprint density at radius 1 is 1.42 bits per heavy atom. The molecule has 1 aliphatic heterocycles. The van der Waals surface area contributed by atoms with Gasteiger partial charge in [0.1, 0.15) is 6.17 Å². The molecule has 1 heterocycles. The number of alkyl halides is 1. The average molecular weight is 174 g/mol. The smallest absolute Gasteiger partial charge is 0.116 e. The highest BCUT2D eigenvalue weighted by Crippen LogP contribution is 2.19. The maximum atomic E-state index is 13.5. The molecule has 0 amide bonds. The van der Waals surface area contributed by atoms with E-state index in [9.17, 15) is 4.39 Å². The molecule has 0 unspecified atom stereocenters. The Morgan fingerprint density at radius 3 is 2.50 bits per heavy atom. The van der Waals surface area contributed by atoms with Gasteiger partial charge in [0.05, 0.1) is 0 Å². The minimum Gasteiger partial charge on any atom is -0.317 e. The molecule has 2 nitrogen and oxygen atoms in total. The summed E-state index contributed by atoms with van der Waals surface area (Å²) >= 11 is 0. The van der Waals surface area contributed by atoms with Gasteiger partial charge >= 0.3 is 0 Å². The molecule has 0 aromatic carbocycles. The van der Waals surface area contributed by atoms with Crippen molar-refractivity contribution in [2.75, 3.05) is 33.7 Å². The molecule has 1 aliphatic rings. The number of nitrogens with one attached hydrogen (secondary N) is 1. The zero-order valence-corrected chi connectivity index (χ0v) is 8.02. The molecule has 0 aromatic heterocycles. The van der Waals surface area contributed by atoms with Crippen LogP contribution in [0.2, 0.25) is 0 Å². The molecule has 3 heteroatoms. The van der Waals surface area contributed by atoms with Crippen LogP contribution in [-0.2, 0) is 0 Å². The number of hydrogen-bond donors (Lipinski definition) is 1. The van der Waals surface area contributed by atoms with Gasteiger partial charge in [-0.1, -0.05) is 0 Å². The van der Waals surface area contributed by atoms with Crippen molar-refractivity contribution in [3.8, 4) is 0 Å². The molecule has 0 spiro atoms. The Labute approximate surface area is 74.1 Å². The van der Waals surface area contributed by atoms with E-state index in [1.54, 1.807) is 0 Å². The van der Waals surface area contributed by atoms with Crippen molar-refractivity contribution in [1.82, 2.24) is 10.2 Å². The fourth-order valence-electron chi connectivity index (χ4n) is 1.70. The minimum absolute atomic E-state index is 0.286. The third-order valence-electron chi connectivity index (χ3n) is 2.43. The van der Waals surface area contributed by atoms with E-state index in [0.717, 1.165) is 25.9 Å². The molecular weight excluding hydrogens is 155 g/mol. The zero-order chi connectivity index (χ0) is 8.97. The van der Waals surface area contributed by atoms with Crippen LogP contribution >= 0.6 is 0 Å². The SMILES string of the molecule is CN(C)C[C@@H](F)C1CCNCC1. The summed E-state index contributed by atoms with van der Waals surface area (Å²) < 4.78 is 13.5. The Morgan fingerprint density at radius 2 is 2.00 bits per heavy atom. The highest BCUT2D eigenvalue weighted by atomic mass is 19.1. The number of rotatable bonds is 3. The van der Waals surface area contributed by atoms with E-state index in [2.05, 4.69) is 5.32 Å². The molecule has 0 radical (unpaired) electrons. The first kappa shape index (κ1) is 9.93. The quantitative estimate of drug-likeness (QED) is 0.683. The predicted octanol–water partition coefficient (Wildman–Crippen LogP) is 0.886. The normalized spacial score (nSPS) is 23.0. The molecule has 1 rings (SSSR count). The summed E-state index contributed by atoms with van der Waals surface area (Å²) in [5, 5.41) is 3.24. The van der Waals surface area contributed by atoms with Crippen LogP contribution in [-0.4, -0.2) is 44.8 Å². The highest BCUT2D eigenvalue weighted by molar-refractivity contribution is 4.76. The van der Waals surface area contributed by atoms with Crippen molar-refractivity contribution >= 4 is 0 Å². The first-order valence-corrected chi connectivity index (χ1v) is 4.69. The van der Waals surface area contributed by atoms with Crippen LogP contribution in [0.3, 0.4) is 0 Å². The van der Waals surface area contributed by atoms with Gasteiger partial charge in [-0.25, -0.2) is 4.39 Å². The zero-order valence-electron chi connectivity index (χ0n) is 8.02. The number of hydrogen-bond acceptors (Lipinski definition) is 2. The lowest BCUT2D eigenvalue weighted by molar-refractivity contribution is 0.150. The first-order chi connectivity index (χ1) is 5.70. The molecule has 0 aromatic rings. The largest absolute Gasteiger partial charge is 0.317 e. The summed E-state index contributed by atoms with van der Waals surface area (Å²) in [7, 11) is 3.85. The number of halogens is 1. The van der Waals surface area contributed by atoms with Gasteiger partial charge in [-0.05, 0) is 45.9 Å². The summed E-state index contributed by atoms with van der Waals surface area (Å²) in [5.41, 5.74) is 0. The summed E-state index contributed by atoms with van der Waals surface area (Å²) in [6, 6.07) is 0. The van der Waals surface area contributed by atoms with E-state index in [-0.39, 0.29) is 5.92 Å². The molecule has 0 bridgehead atoms. The van der Waals surface area contributed by atoms with Crippen LogP contribution in [0, 0.1) is 5.92 Å². The van der Waals surface area contributed by atoms with Gasteiger partial charge < -0.3 is 10.2 Å². The van der Waals surface area contributed by atoms with Gasteiger partial charge in [-0.15, -0.1) is 0 Å². The van der Waals surface area contributed by atoms with Crippen molar-refractivity contribution < 1.29 is 4.39 Å². The van der Waals surface area contributed by atoms with Crippen molar-refractivity contribution in [1.29, 1.82) is 0 Å². The van der Waals surface area contributed by atoms with Gasteiger partial charge in [-0.2, -0.15) is 0 Å². The summed E-state index contributed by atoms with van der Waals surface area (Å²) in [6.07, 6.45) is 1.35. The van der Waals surface area contributed by atoms with E-state index in [0.29, 0.717) is 6.54 Å². The number of piperidine rings is 1. The molecule has 1 N–H and O–H groups in total. The van der Waals surface area contributed by atoms with Gasteiger partial charge in [-0.3, -0.25) is 0 Å². The third kappa shape index (κ3) is 3.07. The second-order valence-corrected chi connectivity index (χ2v) is 3.87. The lowest BCUT2D eigenvalue weighted by atomic mass is 9.93. The van der Waals surface area contributed by atoms with Crippen LogP contribution in [0.1, 0.15) is 12.8 Å². The standard InChI is InChI=1S/C9H19FN2/c1-12(2)7-9(10)8-3-5-11-6-4-8/h8-9,11H,3-7H2,1-2H3/t9-/m1/s1. The lowest BCUT2D eigenvalue weighted by Crippen LogP contribution is -2.36. The van der Waals surface area contributed by atoms with Crippen molar-refractivity contribution in [2.24, 2.45) is 5.92 Å². The maximum Gasteiger partial charge on any atom is 0.116 e. The van der Waals surface area contributed by atoms with Gasteiger partial charge in [0.15, 0.2) is 0 Å². The highest BCUT2D eigenvalue weighted by Gasteiger charge is 2.23. The monoisotopic (exact) mass is 174 g/mol. The summed E-state index contributed by atoms with van der Waals surface area (Å²) in [6.45, 7) is 2.54. The Balaban J connectivity index is 2.24. The second-order valence-electron chi connectivity index (χ2n) is 3.87. The van der Waals surface area contributed by atoms with E-state index >= 15 is 0 Å². The van der Waals surface area contributed by atoms with Crippen molar-refractivity contribution in [3.05, 3.63) is 0 Å². The summed E-state index contributed by atoms with van der Waals surface area (Å²) in [5.74, 6) is 0.286. The Kier molecular flexibility index (Phi) is 3.95. The Hall–Kier alpha value is -0.150. The van der Waals surface area contributed by atoms with Gasteiger partial charge in [0.2, 0.25) is 0 Å². The van der Waals surface area contributed by atoms with Crippen LogP contribution in [0.25, 0.3) is 0 Å². The first-order valence-electron chi connectivity index (χ1n) is 4.69. The molecular formula is C9H19FN2. The Bertz CT molecular complexity index is 122. The van der Waals surface area contributed by atoms with Crippen LogP contribution in [0.15, 0.2) is 0 Å². The van der Waals surface area contributed by atoms with Crippen LogP contribution in [0.5, 0.6) is 0 Å². The minimum atomic E-state index is -0.637. The predicted molar refractivity (Wildman–Crippen MR) is 49.0 cm³/mol. The van der Waals surface area contributed by atoms with Crippen LogP contribution in [0.4, 0.5) is 4.39 Å². The van der Waals surface area contributed by atoms with Crippen molar-refractivity contribution in [2.45, 2.75) is 19.0 Å². The van der Waals surface area contributed by atoms with Gasteiger partial charge in [0.25, 0.3) is 0 Å². The lowest BCUT2D eigenvalue weighted by Gasteiger charge is -2.27. The molecule has 12 heavy (non-hydrogen) atoms. The number of nitrogens with zero attached hydrogens (tertiary/aromatic N) is 1. The maximum absolute atomic E-state index is 13.5. The van der Waals surface area contributed by atoms with E-state index in [1.165, 1.54) is 0 Å². The molecule has 1 saturated heterocycles. The molecule has 1 atom stereocenters. The molecule has 0 aliphatic carbocycles. The fourth-order valence-corrected chi connectivity index (χ4v) is 1.70. The van der Waals surface area contributed by atoms with Crippen LogP contribution < -0.4 is 5.32 Å². The van der Waals surface area contributed by atoms with E-state index < -0.39 is 6.17 Å². The van der Waals surface area contributed by atoms with Gasteiger partial charge in [0, 0.05) is 6.54 Å². The fraction of sp³-hybridized carbons (Fsp3) is 1.00. The molecule has 72 valence electrons. The van der Waals surface area contributed by atoms with E-state index in [1.807, 2.05) is 19.0 Å².